The molecule has 0 radical (unpaired) electrons. The van der Waals surface area contributed by atoms with Crippen molar-refractivity contribution in [2.75, 3.05) is 6.61 Å². The number of hydrogen-bond donors (Lipinski definition) is 3. The van der Waals surface area contributed by atoms with Crippen LogP contribution in [0.1, 0.15) is 258 Å². The van der Waals surface area contributed by atoms with Crippen LogP contribution in [0.15, 0.2) is 24.3 Å². The molecule has 3 unspecified atom stereocenters. The van der Waals surface area contributed by atoms with E-state index in [1.54, 1.807) is 0 Å². The fraction of sp³-hybridized carbons (Fsp3) is 0.880. The standard InChI is InChI=1S/C50H95NO5/c1-4-7-10-13-16-19-21-22-23-24-25-26-28-30-32-35-38-41-46(56-50(55)43-40-37-34-31-27-20-17-14-11-8-5-2)44-49(54)51-47(45-52)48(53)42-39-36-33-29-18-15-12-9-6-3/h16,19,22-23,46-48,52-53H,4-15,17-18,20-21,24-45H2,1-3H3,(H,51,54)/b19-16-,23-22-. The number of unbranched alkanes of at least 4 members (excludes halogenated alkanes) is 28. The molecule has 0 aliphatic carbocycles. The molecule has 6 heteroatoms. The molecule has 0 saturated carbocycles. The molecule has 3 atom stereocenters. The second-order valence-electron chi connectivity index (χ2n) is 16.9. The first kappa shape index (κ1) is 54.3. The summed E-state index contributed by atoms with van der Waals surface area (Å²) < 4.78 is 5.92. The summed E-state index contributed by atoms with van der Waals surface area (Å²) in [6, 6.07) is -0.697. The van der Waals surface area contributed by atoms with Crippen molar-refractivity contribution in [1.82, 2.24) is 5.32 Å². The Morgan fingerprint density at radius 1 is 0.518 bits per heavy atom. The summed E-state index contributed by atoms with van der Waals surface area (Å²) in [6.45, 7) is 6.44. The minimum absolute atomic E-state index is 0.0768. The number of rotatable bonds is 44. The van der Waals surface area contributed by atoms with Gasteiger partial charge in [0.05, 0.1) is 25.2 Å². The van der Waals surface area contributed by atoms with E-state index in [1.165, 1.54) is 141 Å². The zero-order chi connectivity index (χ0) is 41.0. The SMILES string of the molecule is CCCCC/C=C\C/C=C\CCCCCCCCCC(CC(=O)NC(CO)C(O)CCCCCCCCCCC)OC(=O)CCCCCCCCCCCCC. The highest BCUT2D eigenvalue weighted by molar-refractivity contribution is 5.77. The van der Waals surface area contributed by atoms with Gasteiger partial charge in [0.1, 0.15) is 6.10 Å². The first-order valence-corrected chi connectivity index (χ1v) is 24.6. The lowest BCUT2D eigenvalue weighted by atomic mass is 10.0. The lowest BCUT2D eigenvalue weighted by molar-refractivity contribution is -0.151. The van der Waals surface area contributed by atoms with E-state index in [0.29, 0.717) is 19.3 Å². The molecule has 0 saturated heterocycles. The Bertz CT molecular complexity index is 889. The highest BCUT2D eigenvalue weighted by Crippen LogP contribution is 2.18. The van der Waals surface area contributed by atoms with E-state index in [4.69, 9.17) is 4.74 Å². The van der Waals surface area contributed by atoms with E-state index in [0.717, 1.165) is 70.6 Å². The minimum Gasteiger partial charge on any atom is -0.462 e. The van der Waals surface area contributed by atoms with E-state index in [9.17, 15) is 19.8 Å². The summed E-state index contributed by atoms with van der Waals surface area (Å²) in [7, 11) is 0. The molecule has 0 spiro atoms. The third-order valence-corrected chi connectivity index (χ3v) is 11.3. The summed E-state index contributed by atoms with van der Waals surface area (Å²) in [5.41, 5.74) is 0. The molecule has 0 aromatic carbocycles. The van der Waals surface area contributed by atoms with Crippen LogP contribution in [0.3, 0.4) is 0 Å². The molecular weight excluding hydrogens is 695 g/mol. The number of ether oxygens (including phenoxy) is 1. The predicted octanol–water partition coefficient (Wildman–Crippen LogP) is 14.3. The Labute approximate surface area is 348 Å². The van der Waals surface area contributed by atoms with Gasteiger partial charge in [-0.2, -0.15) is 0 Å². The zero-order valence-corrected chi connectivity index (χ0v) is 37.5. The van der Waals surface area contributed by atoms with Crippen LogP contribution in [0.4, 0.5) is 0 Å². The molecule has 0 aromatic heterocycles. The smallest absolute Gasteiger partial charge is 0.306 e. The Morgan fingerprint density at radius 2 is 0.911 bits per heavy atom. The number of nitrogens with one attached hydrogen (secondary N) is 1. The fourth-order valence-corrected chi connectivity index (χ4v) is 7.52. The number of allylic oxidation sites excluding steroid dienone is 4. The quantitative estimate of drug-likeness (QED) is 0.0324. The molecule has 0 heterocycles. The average Bonchev–Trinajstić information content (AvgIpc) is 3.19. The van der Waals surface area contributed by atoms with Crippen molar-refractivity contribution in [2.45, 2.75) is 277 Å². The van der Waals surface area contributed by atoms with Gasteiger partial charge in [0.2, 0.25) is 5.91 Å². The number of aliphatic hydroxyl groups excluding tert-OH is 2. The van der Waals surface area contributed by atoms with Crippen LogP contribution in [0.2, 0.25) is 0 Å². The topological polar surface area (TPSA) is 95.9 Å². The Balaban J connectivity index is 4.57. The summed E-state index contributed by atoms with van der Waals surface area (Å²) in [5, 5.41) is 23.6. The Morgan fingerprint density at radius 3 is 1.39 bits per heavy atom. The van der Waals surface area contributed by atoms with Crippen molar-refractivity contribution in [3.05, 3.63) is 24.3 Å². The van der Waals surface area contributed by atoms with Crippen molar-refractivity contribution in [3.8, 4) is 0 Å². The number of hydrogen-bond acceptors (Lipinski definition) is 5. The van der Waals surface area contributed by atoms with Crippen molar-refractivity contribution in [3.63, 3.8) is 0 Å². The van der Waals surface area contributed by atoms with Crippen molar-refractivity contribution < 1.29 is 24.5 Å². The highest BCUT2D eigenvalue weighted by atomic mass is 16.5. The van der Waals surface area contributed by atoms with Crippen molar-refractivity contribution in [2.24, 2.45) is 0 Å². The monoisotopic (exact) mass is 790 g/mol. The van der Waals surface area contributed by atoms with Gasteiger partial charge in [-0.1, -0.05) is 212 Å². The first-order chi connectivity index (χ1) is 27.5. The van der Waals surface area contributed by atoms with E-state index < -0.39 is 18.2 Å². The Kier molecular flexibility index (Phi) is 43.1. The van der Waals surface area contributed by atoms with Gasteiger partial charge in [0.25, 0.3) is 0 Å². The summed E-state index contributed by atoms with van der Waals surface area (Å²) in [6.07, 6.45) is 49.5. The van der Waals surface area contributed by atoms with Gasteiger partial charge in [-0.25, -0.2) is 0 Å². The van der Waals surface area contributed by atoms with Crippen LogP contribution < -0.4 is 5.32 Å². The van der Waals surface area contributed by atoms with Gasteiger partial charge in [0.15, 0.2) is 0 Å². The molecule has 0 aromatic rings. The highest BCUT2D eigenvalue weighted by Gasteiger charge is 2.24. The third kappa shape index (κ3) is 39.2. The number of aliphatic hydroxyl groups is 2. The van der Waals surface area contributed by atoms with Gasteiger partial charge in [-0.05, 0) is 57.8 Å². The molecule has 0 rings (SSSR count). The molecule has 56 heavy (non-hydrogen) atoms. The van der Waals surface area contributed by atoms with Crippen LogP contribution in [0.5, 0.6) is 0 Å². The Hall–Kier alpha value is -1.66. The molecule has 0 aliphatic rings. The molecule has 6 nitrogen and oxygen atoms in total. The molecule has 1 amide bonds. The molecule has 0 bridgehead atoms. The van der Waals surface area contributed by atoms with Crippen LogP contribution in [0, 0.1) is 0 Å². The normalized spacial score (nSPS) is 13.4. The second-order valence-corrected chi connectivity index (χ2v) is 16.9. The summed E-state index contributed by atoms with van der Waals surface area (Å²) >= 11 is 0. The van der Waals surface area contributed by atoms with Gasteiger partial charge in [-0.3, -0.25) is 9.59 Å². The second kappa shape index (κ2) is 44.4. The van der Waals surface area contributed by atoms with Crippen molar-refractivity contribution >= 4 is 11.9 Å². The van der Waals surface area contributed by atoms with Crippen molar-refractivity contribution in [1.29, 1.82) is 0 Å². The average molecular weight is 790 g/mol. The van der Waals surface area contributed by atoms with Gasteiger partial charge < -0.3 is 20.3 Å². The largest absolute Gasteiger partial charge is 0.462 e. The van der Waals surface area contributed by atoms with Crippen LogP contribution in [0.25, 0.3) is 0 Å². The molecular formula is C50H95NO5. The molecule has 330 valence electrons. The van der Waals surface area contributed by atoms with Gasteiger partial charge in [-0.15, -0.1) is 0 Å². The summed E-state index contributed by atoms with van der Waals surface area (Å²) in [4.78, 5) is 26.0. The summed E-state index contributed by atoms with van der Waals surface area (Å²) in [5.74, 6) is -0.473. The molecule has 0 fully saturated rings. The van der Waals surface area contributed by atoms with E-state index in [-0.39, 0.29) is 24.9 Å². The van der Waals surface area contributed by atoms with Crippen LogP contribution >= 0.6 is 0 Å². The zero-order valence-electron chi connectivity index (χ0n) is 37.5. The maximum Gasteiger partial charge on any atom is 0.306 e. The lowest BCUT2D eigenvalue weighted by Crippen LogP contribution is -2.46. The molecule has 0 aliphatic heterocycles. The maximum absolute atomic E-state index is 13.1. The fourth-order valence-electron chi connectivity index (χ4n) is 7.52. The number of carbonyl (C=O) groups is 2. The maximum atomic E-state index is 13.1. The predicted molar refractivity (Wildman–Crippen MR) is 241 cm³/mol. The lowest BCUT2D eigenvalue weighted by Gasteiger charge is -2.24. The third-order valence-electron chi connectivity index (χ3n) is 11.3. The van der Waals surface area contributed by atoms with Crippen LogP contribution in [-0.4, -0.2) is 46.9 Å². The van der Waals surface area contributed by atoms with E-state index in [2.05, 4.69) is 50.4 Å². The van der Waals surface area contributed by atoms with Gasteiger partial charge in [0, 0.05) is 6.42 Å². The van der Waals surface area contributed by atoms with Crippen LogP contribution in [-0.2, 0) is 14.3 Å². The van der Waals surface area contributed by atoms with E-state index in [1.807, 2.05) is 0 Å². The number of carbonyl (C=O) groups excluding carboxylic acids is 2. The number of amides is 1. The minimum atomic E-state index is -0.783. The van der Waals surface area contributed by atoms with Gasteiger partial charge >= 0.3 is 5.97 Å². The van der Waals surface area contributed by atoms with E-state index >= 15 is 0 Å². The number of esters is 1. The molecule has 3 N–H and O–H groups in total. The first-order valence-electron chi connectivity index (χ1n) is 24.6.